The van der Waals surface area contributed by atoms with Crippen LogP contribution in [-0.2, 0) is 11.2 Å². The molecule has 0 radical (unpaired) electrons. The maximum atomic E-state index is 13.4. The summed E-state index contributed by atoms with van der Waals surface area (Å²) in [6.45, 7) is 2.70. The monoisotopic (exact) mass is 639 g/mol. The molecule has 2 heterocycles. The molecule has 2 saturated heterocycles. The zero-order valence-electron chi connectivity index (χ0n) is 26.8. The first-order valence-electron chi connectivity index (χ1n) is 16.9. The third-order valence-electron chi connectivity index (χ3n) is 9.71. The van der Waals surface area contributed by atoms with Crippen molar-refractivity contribution in [2.45, 2.75) is 63.5 Å². The first kappa shape index (κ1) is 32.2. The average molecular weight is 640 g/mol. The van der Waals surface area contributed by atoms with Gasteiger partial charge in [-0.1, -0.05) is 30.3 Å². The van der Waals surface area contributed by atoms with E-state index in [4.69, 9.17) is 4.74 Å². The molecule has 4 amide bonds. The zero-order valence-corrected chi connectivity index (χ0v) is 26.8. The number of amides is 4. The lowest BCUT2D eigenvalue weighted by Crippen LogP contribution is -2.53. The lowest BCUT2D eigenvalue weighted by atomic mass is 9.84. The summed E-state index contributed by atoms with van der Waals surface area (Å²) in [7, 11) is 0. The van der Waals surface area contributed by atoms with E-state index in [1.165, 1.54) is 17.7 Å². The number of carbonyl (C=O) groups is 3. The van der Waals surface area contributed by atoms with Crippen LogP contribution in [0.15, 0.2) is 78.9 Å². The van der Waals surface area contributed by atoms with Crippen LogP contribution in [0.1, 0.15) is 50.5 Å². The van der Waals surface area contributed by atoms with Crippen LogP contribution in [0.2, 0.25) is 0 Å². The molecule has 0 aromatic heterocycles. The van der Waals surface area contributed by atoms with E-state index >= 15 is 0 Å². The number of likely N-dealkylation sites (tertiary alicyclic amines) is 1. The molecule has 3 aliphatic rings. The van der Waals surface area contributed by atoms with Crippen LogP contribution in [0.4, 0.5) is 26.7 Å². The molecule has 4 N–H and O–H groups in total. The topological polar surface area (TPSA) is 123 Å². The fraction of sp³-hybridized carbons (Fsp3) is 0.432. The van der Waals surface area contributed by atoms with Gasteiger partial charge in [0.05, 0.1) is 18.1 Å². The van der Waals surface area contributed by atoms with Crippen molar-refractivity contribution in [3.05, 3.63) is 84.4 Å². The molecule has 0 spiro atoms. The fourth-order valence-electron chi connectivity index (χ4n) is 7.18. The van der Waals surface area contributed by atoms with Crippen LogP contribution in [-0.4, -0.2) is 66.4 Å². The van der Waals surface area contributed by atoms with Crippen molar-refractivity contribution in [1.82, 2.24) is 10.2 Å². The van der Waals surface area contributed by atoms with Crippen LogP contribution < -0.4 is 25.6 Å². The minimum absolute atomic E-state index is 0.0580. The number of anilines is 3. The molecule has 10 heteroatoms. The summed E-state index contributed by atoms with van der Waals surface area (Å²) in [5.74, 6) is 0.695. The highest BCUT2D eigenvalue weighted by molar-refractivity contribution is 5.99. The largest absolute Gasteiger partial charge is 0.490 e. The van der Waals surface area contributed by atoms with Crippen molar-refractivity contribution in [2.24, 2.45) is 11.8 Å². The summed E-state index contributed by atoms with van der Waals surface area (Å²) < 4.78 is 6.00. The predicted molar refractivity (Wildman–Crippen MR) is 183 cm³/mol. The van der Waals surface area contributed by atoms with Gasteiger partial charge in [-0.05, 0) is 111 Å². The predicted octanol–water partition coefficient (Wildman–Crippen LogP) is 6.60. The molecule has 3 unspecified atom stereocenters. The number of hydrogen-bond acceptors (Lipinski definition) is 5. The van der Waals surface area contributed by atoms with Gasteiger partial charge >= 0.3 is 12.1 Å². The van der Waals surface area contributed by atoms with E-state index in [0.717, 1.165) is 49.4 Å². The highest BCUT2D eigenvalue weighted by atomic mass is 16.5. The van der Waals surface area contributed by atoms with E-state index < -0.39 is 6.09 Å². The van der Waals surface area contributed by atoms with Crippen molar-refractivity contribution in [1.29, 1.82) is 0 Å². The van der Waals surface area contributed by atoms with Gasteiger partial charge in [0.15, 0.2) is 0 Å². The number of hydrogen-bond donors (Lipinski definition) is 4. The van der Waals surface area contributed by atoms with Gasteiger partial charge in [-0.3, -0.25) is 4.79 Å². The van der Waals surface area contributed by atoms with Crippen LogP contribution in [0.3, 0.4) is 0 Å². The van der Waals surface area contributed by atoms with Gasteiger partial charge in [0.1, 0.15) is 5.75 Å². The highest BCUT2D eigenvalue weighted by Gasteiger charge is 2.38. The molecule has 2 aliphatic heterocycles. The smallest absolute Gasteiger partial charge is 0.407 e. The van der Waals surface area contributed by atoms with Gasteiger partial charge in [0.2, 0.25) is 5.91 Å². The summed E-state index contributed by atoms with van der Waals surface area (Å²) in [4.78, 5) is 41.8. The lowest BCUT2D eigenvalue weighted by molar-refractivity contribution is -0.128. The van der Waals surface area contributed by atoms with E-state index in [1.54, 1.807) is 0 Å². The van der Waals surface area contributed by atoms with Crippen molar-refractivity contribution in [2.75, 3.05) is 41.7 Å². The fourth-order valence-corrected chi connectivity index (χ4v) is 7.18. The zero-order chi connectivity index (χ0) is 32.6. The van der Waals surface area contributed by atoms with Crippen molar-refractivity contribution < 1.29 is 24.2 Å². The molecular formula is C37H45N5O5. The number of carbonyl (C=O) groups excluding carboxylic acids is 2. The normalized spacial score (nSPS) is 21.3. The summed E-state index contributed by atoms with van der Waals surface area (Å²) in [5.41, 5.74) is 3.49. The van der Waals surface area contributed by atoms with Gasteiger partial charge in [-0.2, -0.15) is 0 Å². The first-order chi connectivity index (χ1) is 22.9. The molecule has 10 nitrogen and oxygen atoms in total. The van der Waals surface area contributed by atoms with Crippen molar-refractivity contribution >= 4 is 35.1 Å². The maximum absolute atomic E-state index is 13.4. The Hall–Kier alpha value is -4.73. The molecule has 3 atom stereocenters. The van der Waals surface area contributed by atoms with Crippen LogP contribution in [0.5, 0.6) is 5.75 Å². The van der Waals surface area contributed by atoms with Gasteiger partial charge < -0.3 is 35.6 Å². The molecule has 1 saturated carbocycles. The second-order valence-electron chi connectivity index (χ2n) is 13.0. The molecule has 3 aromatic carbocycles. The third kappa shape index (κ3) is 8.55. The second-order valence-corrected chi connectivity index (χ2v) is 13.0. The minimum atomic E-state index is -0.966. The number of urea groups is 1. The van der Waals surface area contributed by atoms with Crippen LogP contribution >= 0.6 is 0 Å². The van der Waals surface area contributed by atoms with E-state index in [-0.39, 0.29) is 23.9 Å². The van der Waals surface area contributed by atoms with E-state index in [1.807, 2.05) is 78.9 Å². The number of nitrogens with zero attached hydrogens (tertiary/aromatic N) is 2. The standard InChI is InChI=1S/C37H45N5O5/c43-35(33-11-6-21-42(37(45)46)34(33)23-26-7-2-1-3-8-26)38-24-27-20-22-41(25-27)30-16-12-28(13-17-30)39-36(44)40-29-14-18-32(19-15-29)47-31-9-4-5-10-31/h1-3,7-8,12-19,27,31,33-34H,4-6,9-11,20-25H2,(H,38,43)(H,45,46)(H2,39,40,44). The lowest BCUT2D eigenvalue weighted by Gasteiger charge is -2.39. The van der Waals surface area contributed by atoms with Gasteiger partial charge in [-0.25, -0.2) is 9.59 Å². The van der Waals surface area contributed by atoms with Gasteiger partial charge in [0.25, 0.3) is 0 Å². The van der Waals surface area contributed by atoms with E-state index in [0.29, 0.717) is 55.7 Å². The number of ether oxygens (including phenoxy) is 1. The molecule has 3 fully saturated rings. The van der Waals surface area contributed by atoms with Crippen molar-refractivity contribution in [3.63, 3.8) is 0 Å². The minimum Gasteiger partial charge on any atom is -0.490 e. The number of nitrogens with one attached hydrogen (secondary N) is 3. The van der Waals surface area contributed by atoms with Gasteiger partial charge in [-0.15, -0.1) is 0 Å². The molecule has 248 valence electrons. The quantitative estimate of drug-likeness (QED) is 0.198. The Morgan fingerprint density at radius 2 is 1.47 bits per heavy atom. The number of benzene rings is 3. The Bertz CT molecular complexity index is 1490. The molecule has 47 heavy (non-hydrogen) atoms. The molecule has 1 aliphatic carbocycles. The van der Waals surface area contributed by atoms with Crippen molar-refractivity contribution in [3.8, 4) is 5.75 Å². The Balaban J connectivity index is 0.958. The Morgan fingerprint density at radius 1 is 0.787 bits per heavy atom. The van der Waals surface area contributed by atoms with E-state index in [9.17, 15) is 19.5 Å². The Morgan fingerprint density at radius 3 is 2.15 bits per heavy atom. The molecule has 6 rings (SSSR count). The van der Waals surface area contributed by atoms with Crippen LogP contribution in [0, 0.1) is 11.8 Å². The molecule has 0 bridgehead atoms. The van der Waals surface area contributed by atoms with Gasteiger partial charge in [0, 0.05) is 43.2 Å². The maximum Gasteiger partial charge on any atom is 0.407 e. The molecule has 3 aromatic rings. The summed E-state index contributed by atoms with van der Waals surface area (Å²) in [5, 5.41) is 18.8. The first-order valence-corrected chi connectivity index (χ1v) is 16.9. The van der Waals surface area contributed by atoms with Crippen LogP contribution in [0.25, 0.3) is 0 Å². The third-order valence-corrected chi connectivity index (χ3v) is 9.71. The average Bonchev–Trinajstić information content (AvgIpc) is 3.78. The van der Waals surface area contributed by atoms with E-state index in [2.05, 4.69) is 20.9 Å². The number of piperidine rings is 1. The SMILES string of the molecule is O=C(Nc1ccc(OC2CCCC2)cc1)Nc1ccc(N2CCC(CNC(=O)C3CCCN(C(=O)O)C3Cc3ccccc3)C2)cc1. The number of carboxylic acid groups (broad SMARTS) is 1. The summed E-state index contributed by atoms with van der Waals surface area (Å²) in [6.07, 6.45) is 6.82. The highest BCUT2D eigenvalue weighted by Crippen LogP contribution is 2.29. The Labute approximate surface area is 276 Å². The summed E-state index contributed by atoms with van der Waals surface area (Å²) >= 11 is 0. The molecular weight excluding hydrogens is 594 g/mol. The number of rotatable bonds is 10. The summed E-state index contributed by atoms with van der Waals surface area (Å²) in [6, 6.07) is 24.4. The Kier molecular flexibility index (Phi) is 10.4. The second kappa shape index (κ2) is 15.2.